The summed E-state index contributed by atoms with van der Waals surface area (Å²) in [6, 6.07) is 8.17. The maximum absolute atomic E-state index is 13.3. The third-order valence-electron chi connectivity index (χ3n) is 5.62. The number of rotatable bonds is 6. The number of nitrogens with zero attached hydrogens (tertiary/aromatic N) is 6. The van der Waals surface area contributed by atoms with Crippen molar-refractivity contribution in [3.8, 4) is 11.1 Å². The summed E-state index contributed by atoms with van der Waals surface area (Å²) in [5, 5.41) is 6.19. The SMILES string of the molecule is O=C(CCNc1ncnc2scc(-c3ccc(F)cc3)c12)N1CCN(c2ncccn2)CC1. The van der Waals surface area contributed by atoms with E-state index in [1.165, 1.54) is 29.8 Å². The molecular weight excluding hydrogens is 441 g/mol. The number of piperazine rings is 1. The Bertz CT molecular complexity index is 1240. The van der Waals surface area contributed by atoms with Gasteiger partial charge in [-0.1, -0.05) is 12.1 Å². The van der Waals surface area contributed by atoms with Crippen molar-refractivity contribution < 1.29 is 9.18 Å². The average Bonchev–Trinajstić information content (AvgIpc) is 3.30. The van der Waals surface area contributed by atoms with Crippen LogP contribution >= 0.6 is 11.3 Å². The summed E-state index contributed by atoms with van der Waals surface area (Å²) >= 11 is 1.51. The van der Waals surface area contributed by atoms with Gasteiger partial charge in [-0.3, -0.25) is 4.79 Å². The predicted octanol–water partition coefficient (Wildman–Crippen LogP) is 3.44. The van der Waals surface area contributed by atoms with E-state index in [-0.39, 0.29) is 11.7 Å². The quantitative estimate of drug-likeness (QED) is 0.469. The first-order valence-corrected chi connectivity index (χ1v) is 11.6. The molecule has 1 fully saturated rings. The lowest BCUT2D eigenvalue weighted by atomic mass is 10.1. The molecule has 1 amide bonds. The predicted molar refractivity (Wildman–Crippen MR) is 127 cm³/mol. The number of aromatic nitrogens is 4. The molecule has 8 nitrogen and oxygen atoms in total. The molecule has 0 bridgehead atoms. The summed E-state index contributed by atoms with van der Waals surface area (Å²) in [6.07, 6.45) is 5.33. The highest BCUT2D eigenvalue weighted by Gasteiger charge is 2.22. The standard InChI is InChI=1S/C23H22FN7OS/c24-17-4-2-16(3-5-17)18-14-33-22-20(18)21(28-15-29-22)25-9-6-19(32)30-10-12-31(13-11-30)23-26-7-1-8-27-23/h1-5,7-8,14-15H,6,9-13H2,(H,25,28,29). The minimum atomic E-state index is -0.275. The number of halogens is 1. The first kappa shape index (κ1) is 21.2. The Morgan fingerprint density at radius 3 is 2.55 bits per heavy atom. The van der Waals surface area contributed by atoms with Crippen molar-refractivity contribution in [1.29, 1.82) is 0 Å². The summed E-state index contributed by atoms with van der Waals surface area (Å²) in [5.41, 5.74) is 1.85. The molecule has 1 aliphatic heterocycles. The first-order valence-electron chi connectivity index (χ1n) is 10.7. The maximum atomic E-state index is 13.3. The van der Waals surface area contributed by atoms with Crippen molar-refractivity contribution in [2.75, 3.05) is 42.9 Å². The Morgan fingerprint density at radius 1 is 1.03 bits per heavy atom. The molecule has 0 spiro atoms. The Labute approximate surface area is 194 Å². The van der Waals surface area contributed by atoms with Crippen molar-refractivity contribution in [3.63, 3.8) is 0 Å². The van der Waals surface area contributed by atoms with E-state index in [2.05, 4.69) is 30.2 Å². The van der Waals surface area contributed by atoms with Crippen LogP contribution in [0.1, 0.15) is 6.42 Å². The van der Waals surface area contributed by atoms with Gasteiger partial charge < -0.3 is 15.1 Å². The Hall–Kier alpha value is -3.66. The van der Waals surface area contributed by atoms with Crippen LogP contribution in [0.4, 0.5) is 16.2 Å². The normalized spacial score (nSPS) is 14.0. The molecule has 1 aliphatic rings. The number of amides is 1. The Morgan fingerprint density at radius 2 is 1.79 bits per heavy atom. The summed E-state index contributed by atoms with van der Waals surface area (Å²) in [4.78, 5) is 34.9. The van der Waals surface area contributed by atoms with Gasteiger partial charge in [0.05, 0.1) is 5.39 Å². The number of nitrogens with one attached hydrogen (secondary N) is 1. The van der Waals surface area contributed by atoms with Gasteiger partial charge in [0.15, 0.2) is 0 Å². The molecule has 4 aromatic rings. The molecule has 168 valence electrons. The number of fused-ring (bicyclic) bond motifs is 1. The maximum Gasteiger partial charge on any atom is 0.225 e. The van der Waals surface area contributed by atoms with Gasteiger partial charge in [0, 0.05) is 62.5 Å². The van der Waals surface area contributed by atoms with Crippen molar-refractivity contribution in [3.05, 3.63) is 60.3 Å². The molecule has 0 radical (unpaired) electrons. The topological polar surface area (TPSA) is 87.1 Å². The Kier molecular flexibility index (Phi) is 6.07. The van der Waals surface area contributed by atoms with E-state index in [1.54, 1.807) is 30.6 Å². The molecule has 4 heterocycles. The van der Waals surface area contributed by atoms with E-state index >= 15 is 0 Å². The minimum Gasteiger partial charge on any atom is -0.369 e. The van der Waals surface area contributed by atoms with Crippen molar-refractivity contribution >= 4 is 39.2 Å². The number of carbonyl (C=O) groups excluding carboxylic acids is 1. The Balaban J connectivity index is 1.21. The molecule has 3 aromatic heterocycles. The smallest absolute Gasteiger partial charge is 0.225 e. The second-order valence-electron chi connectivity index (χ2n) is 7.65. The lowest BCUT2D eigenvalue weighted by Gasteiger charge is -2.34. The highest BCUT2D eigenvalue weighted by atomic mass is 32.1. The molecule has 0 saturated carbocycles. The van der Waals surface area contributed by atoms with Crippen LogP contribution in [0.15, 0.2) is 54.4 Å². The molecule has 0 aliphatic carbocycles. The van der Waals surface area contributed by atoms with Crippen LogP contribution in [-0.2, 0) is 4.79 Å². The van der Waals surface area contributed by atoms with Crippen molar-refractivity contribution in [1.82, 2.24) is 24.8 Å². The van der Waals surface area contributed by atoms with Crippen LogP contribution in [0, 0.1) is 5.82 Å². The van der Waals surface area contributed by atoms with Gasteiger partial charge in [-0.2, -0.15) is 0 Å². The third-order valence-corrected chi connectivity index (χ3v) is 6.51. The molecular formula is C23H22FN7OS. The molecule has 1 aromatic carbocycles. The molecule has 5 rings (SSSR count). The van der Waals surface area contributed by atoms with Crippen LogP contribution in [-0.4, -0.2) is 63.5 Å². The van der Waals surface area contributed by atoms with Gasteiger partial charge in [-0.05, 0) is 23.8 Å². The monoisotopic (exact) mass is 463 g/mol. The van der Waals surface area contributed by atoms with Crippen LogP contribution in [0.25, 0.3) is 21.3 Å². The van der Waals surface area contributed by atoms with Gasteiger partial charge in [0.2, 0.25) is 11.9 Å². The van der Waals surface area contributed by atoms with Crippen LogP contribution in [0.2, 0.25) is 0 Å². The fraction of sp³-hybridized carbons (Fsp3) is 0.261. The van der Waals surface area contributed by atoms with E-state index in [0.29, 0.717) is 50.9 Å². The highest BCUT2D eigenvalue weighted by Crippen LogP contribution is 2.36. The van der Waals surface area contributed by atoms with Crippen molar-refractivity contribution in [2.24, 2.45) is 0 Å². The van der Waals surface area contributed by atoms with Gasteiger partial charge >= 0.3 is 0 Å². The second kappa shape index (κ2) is 9.45. The van der Waals surface area contributed by atoms with E-state index in [9.17, 15) is 9.18 Å². The average molecular weight is 464 g/mol. The zero-order chi connectivity index (χ0) is 22.6. The number of thiophene rings is 1. The second-order valence-corrected chi connectivity index (χ2v) is 8.51. The number of benzene rings is 1. The number of anilines is 2. The van der Waals surface area contributed by atoms with Crippen molar-refractivity contribution in [2.45, 2.75) is 6.42 Å². The first-order chi connectivity index (χ1) is 16.2. The molecule has 10 heteroatoms. The summed E-state index contributed by atoms with van der Waals surface area (Å²) in [6.45, 7) is 3.19. The van der Waals surface area contributed by atoms with E-state index < -0.39 is 0 Å². The zero-order valence-corrected chi connectivity index (χ0v) is 18.6. The van der Waals surface area contributed by atoms with E-state index in [1.807, 2.05) is 10.3 Å². The number of hydrogen-bond acceptors (Lipinski definition) is 8. The molecule has 33 heavy (non-hydrogen) atoms. The number of carbonyl (C=O) groups is 1. The lowest BCUT2D eigenvalue weighted by Crippen LogP contribution is -2.49. The van der Waals surface area contributed by atoms with Crippen LogP contribution < -0.4 is 10.2 Å². The molecule has 1 saturated heterocycles. The lowest BCUT2D eigenvalue weighted by molar-refractivity contribution is -0.131. The van der Waals surface area contributed by atoms with E-state index in [4.69, 9.17) is 0 Å². The largest absolute Gasteiger partial charge is 0.369 e. The van der Waals surface area contributed by atoms with Crippen LogP contribution in [0.5, 0.6) is 0 Å². The fourth-order valence-electron chi connectivity index (χ4n) is 3.91. The summed E-state index contributed by atoms with van der Waals surface area (Å²) in [5.74, 6) is 1.21. The number of hydrogen-bond donors (Lipinski definition) is 1. The highest BCUT2D eigenvalue weighted by molar-refractivity contribution is 7.17. The van der Waals surface area contributed by atoms with Gasteiger partial charge in [-0.25, -0.2) is 24.3 Å². The van der Waals surface area contributed by atoms with Gasteiger partial charge in [0.1, 0.15) is 22.8 Å². The summed E-state index contributed by atoms with van der Waals surface area (Å²) < 4.78 is 13.3. The van der Waals surface area contributed by atoms with Crippen LogP contribution in [0.3, 0.4) is 0 Å². The fourth-order valence-corrected chi connectivity index (χ4v) is 4.82. The van der Waals surface area contributed by atoms with Gasteiger partial charge in [-0.15, -0.1) is 11.3 Å². The zero-order valence-electron chi connectivity index (χ0n) is 17.8. The minimum absolute atomic E-state index is 0.102. The molecule has 0 unspecified atom stereocenters. The molecule has 0 atom stereocenters. The van der Waals surface area contributed by atoms with E-state index in [0.717, 1.165) is 21.3 Å². The van der Waals surface area contributed by atoms with Gasteiger partial charge in [0.25, 0.3) is 0 Å². The molecule has 1 N–H and O–H groups in total. The summed E-state index contributed by atoms with van der Waals surface area (Å²) in [7, 11) is 0. The third kappa shape index (κ3) is 4.61.